The predicted molar refractivity (Wildman–Crippen MR) is 81.2 cm³/mol. The number of hydrogen-bond donors (Lipinski definition) is 1. The molecule has 5 heteroatoms. The van der Waals surface area contributed by atoms with Crippen molar-refractivity contribution in [3.05, 3.63) is 27.7 Å². The summed E-state index contributed by atoms with van der Waals surface area (Å²) in [5.41, 5.74) is 0.311. The van der Waals surface area contributed by atoms with E-state index in [-0.39, 0.29) is 11.3 Å². The van der Waals surface area contributed by atoms with Gasteiger partial charge in [0.2, 0.25) is 0 Å². The summed E-state index contributed by atoms with van der Waals surface area (Å²) in [4.78, 5) is 12.2. The van der Waals surface area contributed by atoms with Crippen molar-refractivity contribution in [1.29, 1.82) is 0 Å². The van der Waals surface area contributed by atoms with Crippen LogP contribution in [-0.2, 0) is 15.9 Å². The van der Waals surface area contributed by atoms with Crippen LogP contribution in [0.5, 0.6) is 5.75 Å². The number of ether oxygens (including phenoxy) is 2. The highest BCUT2D eigenvalue weighted by Gasteiger charge is 2.24. The zero-order chi connectivity index (χ0) is 15.3. The molecule has 112 valence electrons. The Morgan fingerprint density at radius 2 is 2.00 bits per heavy atom. The minimum Gasteiger partial charge on any atom is -0.506 e. The minimum atomic E-state index is -0.608. The number of rotatable bonds is 5. The van der Waals surface area contributed by atoms with Crippen molar-refractivity contribution in [2.45, 2.75) is 39.7 Å². The van der Waals surface area contributed by atoms with Crippen LogP contribution in [-0.4, -0.2) is 29.9 Å². The Hall–Kier alpha value is -1.07. The van der Waals surface area contributed by atoms with Gasteiger partial charge in [0.1, 0.15) is 16.9 Å². The molecule has 0 aliphatic carbocycles. The zero-order valence-corrected chi connectivity index (χ0v) is 13.9. The van der Waals surface area contributed by atoms with E-state index in [9.17, 15) is 9.90 Å². The second-order valence-corrected chi connectivity index (χ2v) is 6.23. The smallest absolute Gasteiger partial charge is 0.342 e. The molecule has 1 rings (SSSR count). The molecule has 0 saturated heterocycles. The van der Waals surface area contributed by atoms with Gasteiger partial charge in [0.15, 0.2) is 0 Å². The molecule has 0 saturated carbocycles. The van der Waals surface area contributed by atoms with E-state index in [1.54, 1.807) is 32.9 Å². The third kappa shape index (κ3) is 4.80. The normalized spacial score (nSPS) is 11.4. The molecule has 0 aromatic heterocycles. The van der Waals surface area contributed by atoms with E-state index in [0.717, 1.165) is 0 Å². The molecule has 0 aliphatic heterocycles. The van der Waals surface area contributed by atoms with Crippen LogP contribution in [0.4, 0.5) is 0 Å². The summed E-state index contributed by atoms with van der Waals surface area (Å²) in [5, 5.41) is 10.1. The highest BCUT2D eigenvalue weighted by molar-refractivity contribution is 9.10. The molecule has 20 heavy (non-hydrogen) atoms. The van der Waals surface area contributed by atoms with Crippen molar-refractivity contribution in [2.24, 2.45) is 0 Å². The summed E-state index contributed by atoms with van der Waals surface area (Å²) in [6, 6.07) is 3.51. The van der Waals surface area contributed by atoms with Crippen LogP contribution in [0.1, 0.15) is 43.6 Å². The molecule has 0 aliphatic rings. The Bertz CT molecular complexity index is 477. The SMILES string of the molecule is CCOCCc1ccc(Br)c(O)c1C(=O)OC(C)(C)C. The summed E-state index contributed by atoms with van der Waals surface area (Å²) in [6.45, 7) is 8.39. The molecule has 0 unspecified atom stereocenters. The van der Waals surface area contributed by atoms with E-state index < -0.39 is 11.6 Å². The summed E-state index contributed by atoms with van der Waals surface area (Å²) in [7, 11) is 0. The molecule has 1 aromatic rings. The van der Waals surface area contributed by atoms with Crippen LogP contribution >= 0.6 is 15.9 Å². The summed E-state index contributed by atoms with van der Waals surface area (Å²) in [5.74, 6) is -0.615. The number of halogens is 1. The topological polar surface area (TPSA) is 55.8 Å². The van der Waals surface area contributed by atoms with E-state index in [1.165, 1.54) is 0 Å². The maximum absolute atomic E-state index is 12.2. The van der Waals surface area contributed by atoms with Gasteiger partial charge in [0.25, 0.3) is 0 Å². The number of benzene rings is 1. The molecule has 1 aromatic carbocycles. The van der Waals surface area contributed by atoms with Gasteiger partial charge in [-0.15, -0.1) is 0 Å². The molecule has 0 heterocycles. The van der Waals surface area contributed by atoms with Crippen LogP contribution < -0.4 is 0 Å². The first kappa shape index (κ1) is 17.0. The van der Waals surface area contributed by atoms with E-state index in [2.05, 4.69) is 15.9 Å². The standard InChI is InChI=1S/C15H21BrO4/c1-5-19-9-8-10-6-7-11(16)13(17)12(10)14(18)20-15(2,3)4/h6-7,17H,5,8-9H2,1-4H3. The van der Waals surface area contributed by atoms with Crippen molar-refractivity contribution in [3.63, 3.8) is 0 Å². The maximum atomic E-state index is 12.2. The van der Waals surface area contributed by atoms with Crippen LogP contribution in [0.2, 0.25) is 0 Å². The first-order valence-electron chi connectivity index (χ1n) is 6.57. The number of phenolic OH excluding ortho intramolecular Hbond substituents is 1. The van der Waals surface area contributed by atoms with E-state index in [4.69, 9.17) is 9.47 Å². The van der Waals surface area contributed by atoms with Gasteiger partial charge in [-0.2, -0.15) is 0 Å². The van der Waals surface area contributed by atoms with Gasteiger partial charge < -0.3 is 14.6 Å². The lowest BCUT2D eigenvalue weighted by Crippen LogP contribution is -2.25. The van der Waals surface area contributed by atoms with Crippen LogP contribution in [0.15, 0.2) is 16.6 Å². The Kier molecular flexibility index (Phi) is 6.02. The van der Waals surface area contributed by atoms with Crippen molar-refractivity contribution in [3.8, 4) is 5.75 Å². The number of esters is 1. The first-order chi connectivity index (χ1) is 9.26. The van der Waals surface area contributed by atoms with Gasteiger partial charge in [-0.25, -0.2) is 4.79 Å². The third-order valence-corrected chi connectivity index (χ3v) is 3.18. The van der Waals surface area contributed by atoms with Gasteiger partial charge in [-0.05, 0) is 61.7 Å². The number of hydrogen-bond acceptors (Lipinski definition) is 4. The molecule has 0 atom stereocenters. The van der Waals surface area contributed by atoms with E-state index in [0.29, 0.717) is 29.7 Å². The molecule has 0 radical (unpaired) electrons. The molecule has 0 bridgehead atoms. The third-order valence-electron chi connectivity index (χ3n) is 2.54. The number of aromatic hydroxyl groups is 1. The molecule has 0 spiro atoms. The first-order valence-corrected chi connectivity index (χ1v) is 7.37. The summed E-state index contributed by atoms with van der Waals surface area (Å²) in [6.07, 6.45) is 0.545. The van der Waals surface area contributed by atoms with Crippen molar-refractivity contribution in [2.75, 3.05) is 13.2 Å². The zero-order valence-electron chi connectivity index (χ0n) is 12.3. The Balaban J connectivity index is 3.07. The number of phenols is 1. The van der Waals surface area contributed by atoms with Crippen molar-refractivity contribution < 1.29 is 19.4 Å². The maximum Gasteiger partial charge on any atom is 0.342 e. The Labute approximate surface area is 128 Å². The molecule has 1 N–H and O–H groups in total. The molecule has 0 fully saturated rings. The fraction of sp³-hybridized carbons (Fsp3) is 0.533. The fourth-order valence-corrected chi connectivity index (χ4v) is 2.03. The fourth-order valence-electron chi connectivity index (χ4n) is 1.70. The van der Waals surface area contributed by atoms with E-state index >= 15 is 0 Å². The van der Waals surface area contributed by atoms with Gasteiger partial charge in [-0.1, -0.05) is 6.07 Å². The van der Waals surface area contributed by atoms with Gasteiger partial charge in [0, 0.05) is 6.61 Å². The van der Waals surface area contributed by atoms with Gasteiger partial charge >= 0.3 is 5.97 Å². The molecular formula is C15H21BrO4. The highest BCUT2D eigenvalue weighted by Crippen LogP contribution is 2.32. The van der Waals surface area contributed by atoms with Crippen LogP contribution in [0.3, 0.4) is 0 Å². The largest absolute Gasteiger partial charge is 0.506 e. The monoisotopic (exact) mass is 344 g/mol. The predicted octanol–water partition coefficient (Wildman–Crippen LogP) is 3.69. The van der Waals surface area contributed by atoms with Crippen molar-refractivity contribution in [1.82, 2.24) is 0 Å². The quantitative estimate of drug-likeness (QED) is 0.653. The lowest BCUT2D eigenvalue weighted by molar-refractivity contribution is 0.00651. The average molecular weight is 345 g/mol. The lowest BCUT2D eigenvalue weighted by atomic mass is 10.0. The minimum absolute atomic E-state index is 0.0896. The number of carbonyl (C=O) groups is 1. The molecule has 4 nitrogen and oxygen atoms in total. The highest BCUT2D eigenvalue weighted by atomic mass is 79.9. The van der Waals surface area contributed by atoms with Gasteiger partial charge in [-0.3, -0.25) is 0 Å². The van der Waals surface area contributed by atoms with Crippen LogP contribution in [0.25, 0.3) is 0 Å². The summed E-state index contributed by atoms with van der Waals surface area (Å²) >= 11 is 3.22. The van der Waals surface area contributed by atoms with Crippen LogP contribution in [0, 0.1) is 0 Å². The second kappa shape index (κ2) is 7.09. The molecular weight excluding hydrogens is 324 g/mol. The summed E-state index contributed by atoms with van der Waals surface area (Å²) < 4.78 is 11.1. The van der Waals surface area contributed by atoms with Crippen molar-refractivity contribution >= 4 is 21.9 Å². The average Bonchev–Trinajstić information content (AvgIpc) is 2.31. The van der Waals surface area contributed by atoms with Gasteiger partial charge in [0.05, 0.1) is 11.1 Å². The van der Waals surface area contributed by atoms with E-state index in [1.807, 2.05) is 6.92 Å². The lowest BCUT2D eigenvalue weighted by Gasteiger charge is -2.21. The Morgan fingerprint density at radius 1 is 1.35 bits per heavy atom. The Morgan fingerprint density at radius 3 is 2.55 bits per heavy atom. The molecule has 0 amide bonds. The number of carbonyl (C=O) groups excluding carboxylic acids is 1. The second-order valence-electron chi connectivity index (χ2n) is 5.38.